The second-order valence-electron chi connectivity index (χ2n) is 5.63. The Morgan fingerprint density at radius 1 is 1.15 bits per heavy atom. The molecule has 0 radical (unpaired) electrons. The van der Waals surface area contributed by atoms with Crippen LogP contribution in [0.3, 0.4) is 0 Å². The molecular weight excluding hydrogens is 254 g/mol. The van der Waals surface area contributed by atoms with E-state index >= 15 is 0 Å². The Labute approximate surface area is 120 Å². The molecule has 4 heteroatoms. The SMILES string of the molecule is Cc1ccc(C(C)C(=O)CC(C(=O)NO)C(C)C)cc1. The van der Waals surface area contributed by atoms with E-state index in [1.807, 2.05) is 52.0 Å². The number of hydrogen-bond acceptors (Lipinski definition) is 3. The number of Topliss-reactive ketones (excluding diaryl/α,β-unsaturated/α-hetero) is 1. The summed E-state index contributed by atoms with van der Waals surface area (Å²) < 4.78 is 0. The van der Waals surface area contributed by atoms with Crippen LogP contribution in [-0.2, 0) is 9.59 Å². The Balaban J connectivity index is 2.78. The summed E-state index contributed by atoms with van der Waals surface area (Å²) in [5.74, 6) is -1.24. The molecule has 1 amide bonds. The predicted molar refractivity (Wildman–Crippen MR) is 77.5 cm³/mol. The van der Waals surface area contributed by atoms with Gasteiger partial charge in [0.15, 0.2) is 0 Å². The fraction of sp³-hybridized carbons (Fsp3) is 0.500. The van der Waals surface area contributed by atoms with Crippen LogP contribution in [0.2, 0.25) is 0 Å². The molecule has 0 aliphatic heterocycles. The van der Waals surface area contributed by atoms with Gasteiger partial charge in [0.25, 0.3) is 0 Å². The van der Waals surface area contributed by atoms with Crippen LogP contribution in [0.4, 0.5) is 0 Å². The first kappa shape index (κ1) is 16.4. The molecule has 0 aliphatic carbocycles. The van der Waals surface area contributed by atoms with E-state index < -0.39 is 11.8 Å². The highest BCUT2D eigenvalue weighted by Gasteiger charge is 2.27. The summed E-state index contributed by atoms with van der Waals surface area (Å²) in [6, 6.07) is 7.82. The summed E-state index contributed by atoms with van der Waals surface area (Å²) in [5.41, 5.74) is 3.74. The second-order valence-corrected chi connectivity index (χ2v) is 5.63. The maximum absolute atomic E-state index is 12.3. The van der Waals surface area contributed by atoms with Gasteiger partial charge in [0.05, 0.1) is 0 Å². The van der Waals surface area contributed by atoms with Crippen LogP contribution in [-0.4, -0.2) is 16.9 Å². The van der Waals surface area contributed by atoms with Crippen molar-refractivity contribution in [2.24, 2.45) is 11.8 Å². The molecule has 110 valence electrons. The van der Waals surface area contributed by atoms with Crippen molar-refractivity contribution in [2.45, 2.75) is 40.0 Å². The summed E-state index contributed by atoms with van der Waals surface area (Å²) in [7, 11) is 0. The summed E-state index contributed by atoms with van der Waals surface area (Å²) in [6.45, 7) is 7.57. The molecule has 1 aromatic carbocycles. The predicted octanol–water partition coefficient (Wildman–Crippen LogP) is 2.84. The first-order valence-corrected chi connectivity index (χ1v) is 6.90. The van der Waals surface area contributed by atoms with Gasteiger partial charge >= 0.3 is 0 Å². The molecule has 1 rings (SSSR count). The van der Waals surface area contributed by atoms with Gasteiger partial charge in [0.1, 0.15) is 5.78 Å². The molecule has 2 atom stereocenters. The van der Waals surface area contributed by atoms with Crippen LogP contribution >= 0.6 is 0 Å². The first-order chi connectivity index (χ1) is 9.36. The Morgan fingerprint density at radius 3 is 2.15 bits per heavy atom. The first-order valence-electron chi connectivity index (χ1n) is 6.90. The highest BCUT2D eigenvalue weighted by atomic mass is 16.5. The number of aryl methyl sites for hydroxylation is 1. The van der Waals surface area contributed by atoms with Gasteiger partial charge in [0, 0.05) is 18.3 Å². The smallest absolute Gasteiger partial charge is 0.247 e. The third kappa shape index (κ3) is 4.17. The van der Waals surface area contributed by atoms with Gasteiger partial charge in [0.2, 0.25) is 5.91 Å². The highest BCUT2D eigenvalue weighted by molar-refractivity contribution is 5.90. The molecule has 0 fully saturated rings. The number of carbonyl (C=O) groups excluding carboxylic acids is 2. The van der Waals surface area contributed by atoms with Crippen LogP contribution in [0.5, 0.6) is 0 Å². The molecule has 0 aromatic heterocycles. The van der Waals surface area contributed by atoms with E-state index in [1.165, 1.54) is 0 Å². The largest absolute Gasteiger partial charge is 0.299 e. The lowest BCUT2D eigenvalue weighted by atomic mass is 9.85. The number of ketones is 1. The normalized spacial score (nSPS) is 13.9. The Morgan fingerprint density at radius 2 is 1.70 bits per heavy atom. The van der Waals surface area contributed by atoms with Crippen molar-refractivity contribution < 1.29 is 14.8 Å². The number of nitrogens with one attached hydrogen (secondary N) is 1. The minimum Gasteiger partial charge on any atom is -0.299 e. The fourth-order valence-corrected chi connectivity index (χ4v) is 2.15. The van der Waals surface area contributed by atoms with E-state index in [4.69, 9.17) is 5.21 Å². The van der Waals surface area contributed by atoms with E-state index in [2.05, 4.69) is 0 Å². The average molecular weight is 277 g/mol. The van der Waals surface area contributed by atoms with E-state index in [-0.39, 0.29) is 24.0 Å². The van der Waals surface area contributed by atoms with Crippen molar-refractivity contribution in [1.82, 2.24) is 5.48 Å². The molecule has 0 saturated heterocycles. The monoisotopic (exact) mass is 277 g/mol. The molecule has 4 nitrogen and oxygen atoms in total. The molecule has 0 aliphatic rings. The van der Waals surface area contributed by atoms with Gasteiger partial charge in [-0.25, -0.2) is 5.48 Å². The molecule has 1 aromatic rings. The van der Waals surface area contributed by atoms with Crippen molar-refractivity contribution in [3.8, 4) is 0 Å². The molecule has 0 heterocycles. The molecule has 20 heavy (non-hydrogen) atoms. The third-order valence-electron chi connectivity index (χ3n) is 3.73. The van der Waals surface area contributed by atoms with Gasteiger partial charge < -0.3 is 0 Å². The summed E-state index contributed by atoms with van der Waals surface area (Å²) in [4.78, 5) is 23.9. The Bertz CT molecular complexity index is 465. The van der Waals surface area contributed by atoms with Crippen molar-refractivity contribution in [3.05, 3.63) is 35.4 Å². The molecule has 0 spiro atoms. The lowest BCUT2D eigenvalue weighted by Gasteiger charge is -2.20. The summed E-state index contributed by atoms with van der Waals surface area (Å²) >= 11 is 0. The van der Waals surface area contributed by atoms with Crippen LogP contribution in [0.15, 0.2) is 24.3 Å². The maximum atomic E-state index is 12.3. The lowest BCUT2D eigenvalue weighted by Crippen LogP contribution is -2.33. The van der Waals surface area contributed by atoms with Crippen LogP contribution in [0, 0.1) is 18.8 Å². The highest BCUT2D eigenvalue weighted by Crippen LogP contribution is 2.23. The fourth-order valence-electron chi connectivity index (χ4n) is 2.15. The number of hydrogen-bond donors (Lipinski definition) is 2. The Hall–Kier alpha value is -1.68. The van der Waals surface area contributed by atoms with E-state index in [0.29, 0.717) is 0 Å². The van der Waals surface area contributed by atoms with E-state index in [9.17, 15) is 9.59 Å². The summed E-state index contributed by atoms with van der Waals surface area (Å²) in [5, 5.41) is 8.74. The number of benzene rings is 1. The number of hydroxylamine groups is 1. The number of amides is 1. The van der Waals surface area contributed by atoms with Gasteiger partial charge in [-0.2, -0.15) is 0 Å². The van der Waals surface area contributed by atoms with Gasteiger partial charge in [-0.05, 0) is 18.4 Å². The zero-order chi connectivity index (χ0) is 15.3. The molecule has 0 saturated carbocycles. The number of rotatable bonds is 6. The average Bonchev–Trinajstić information content (AvgIpc) is 2.43. The van der Waals surface area contributed by atoms with Gasteiger partial charge in [-0.1, -0.05) is 50.6 Å². The topological polar surface area (TPSA) is 66.4 Å². The molecular formula is C16H23NO3. The van der Waals surface area contributed by atoms with E-state index in [0.717, 1.165) is 11.1 Å². The maximum Gasteiger partial charge on any atom is 0.247 e. The van der Waals surface area contributed by atoms with Crippen LogP contribution in [0.25, 0.3) is 0 Å². The second kappa shape index (κ2) is 7.20. The molecule has 2 N–H and O–H groups in total. The van der Waals surface area contributed by atoms with Crippen LogP contribution in [0.1, 0.15) is 44.2 Å². The van der Waals surface area contributed by atoms with Crippen molar-refractivity contribution in [2.75, 3.05) is 0 Å². The van der Waals surface area contributed by atoms with Crippen molar-refractivity contribution in [3.63, 3.8) is 0 Å². The van der Waals surface area contributed by atoms with Gasteiger partial charge in [-0.3, -0.25) is 14.8 Å². The zero-order valence-electron chi connectivity index (χ0n) is 12.5. The molecule has 0 bridgehead atoms. The Kier molecular flexibility index (Phi) is 5.89. The lowest BCUT2D eigenvalue weighted by molar-refractivity contribution is -0.137. The van der Waals surface area contributed by atoms with Crippen molar-refractivity contribution in [1.29, 1.82) is 0 Å². The zero-order valence-corrected chi connectivity index (χ0v) is 12.5. The van der Waals surface area contributed by atoms with Crippen LogP contribution < -0.4 is 5.48 Å². The minimum absolute atomic E-state index is 0.00341. The number of carbonyl (C=O) groups is 2. The molecule has 2 unspecified atom stereocenters. The third-order valence-corrected chi connectivity index (χ3v) is 3.73. The van der Waals surface area contributed by atoms with E-state index in [1.54, 1.807) is 5.48 Å². The van der Waals surface area contributed by atoms with Crippen molar-refractivity contribution >= 4 is 11.7 Å². The minimum atomic E-state index is -0.500. The van der Waals surface area contributed by atoms with Gasteiger partial charge in [-0.15, -0.1) is 0 Å². The summed E-state index contributed by atoms with van der Waals surface area (Å²) in [6.07, 6.45) is 0.138. The standard InChI is InChI=1S/C16H23NO3/c1-10(2)14(16(19)17-20)9-15(18)12(4)13-7-5-11(3)6-8-13/h5-8,10,12,14,20H,9H2,1-4H3,(H,17,19). The quantitative estimate of drug-likeness (QED) is 0.620.